The van der Waals surface area contributed by atoms with Crippen LogP contribution in [-0.4, -0.2) is 12.8 Å². The number of hydrogen-bond acceptors (Lipinski definition) is 3. The van der Waals surface area contributed by atoms with E-state index < -0.39 is 6.16 Å². The lowest BCUT2D eigenvalue weighted by Crippen LogP contribution is -2.11. The van der Waals surface area contributed by atoms with Crippen LogP contribution in [0.4, 0.5) is 4.79 Å². The Morgan fingerprint density at radius 3 is 2.47 bits per heavy atom. The van der Waals surface area contributed by atoms with Crippen molar-refractivity contribution in [2.75, 3.05) is 6.61 Å². The van der Waals surface area contributed by atoms with Gasteiger partial charge in [0.25, 0.3) is 0 Å². The Bertz CT molecular complexity index is 379. The average Bonchev–Trinajstić information content (AvgIpc) is 2.30. The SMILES string of the molecule is C=C(C)c1ccc(OC(=O)OCCCC)cc1. The summed E-state index contributed by atoms with van der Waals surface area (Å²) in [5, 5.41) is 0. The lowest BCUT2D eigenvalue weighted by molar-refractivity contribution is 0.0978. The molecule has 1 aromatic carbocycles. The third kappa shape index (κ3) is 4.72. The predicted octanol–water partition coefficient (Wildman–Crippen LogP) is 4.04. The van der Waals surface area contributed by atoms with E-state index in [1.165, 1.54) is 0 Å². The highest BCUT2D eigenvalue weighted by Crippen LogP contribution is 2.17. The van der Waals surface area contributed by atoms with Crippen LogP contribution in [0, 0.1) is 0 Å². The van der Waals surface area contributed by atoms with Gasteiger partial charge in [0.05, 0.1) is 6.61 Å². The van der Waals surface area contributed by atoms with Crippen molar-refractivity contribution in [2.24, 2.45) is 0 Å². The molecule has 0 aromatic heterocycles. The Labute approximate surface area is 102 Å². The lowest BCUT2D eigenvalue weighted by atomic mass is 10.1. The van der Waals surface area contributed by atoms with E-state index in [-0.39, 0.29) is 0 Å². The standard InChI is InChI=1S/C14H18O3/c1-4-5-10-16-14(15)17-13-8-6-12(7-9-13)11(2)3/h6-9H,2,4-5,10H2,1,3H3. The summed E-state index contributed by atoms with van der Waals surface area (Å²) in [6.45, 7) is 8.19. The highest BCUT2D eigenvalue weighted by Gasteiger charge is 2.05. The molecule has 92 valence electrons. The van der Waals surface area contributed by atoms with Gasteiger partial charge in [0.1, 0.15) is 5.75 Å². The van der Waals surface area contributed by atoms with Gasteiger partial charge in [-0.1, -0.05) is 37.6 Å². The number of hydrogen-bond donors (Lipinski definition) is 0. The summed E-state index contributed by atoms with van der Waals surface area (Å²) < 4.78 is 9.89. The first-order valence-electron chi connectivity index (χ1n) is 5.74. The molecule has 0 aliphatic carbocycles. The predicted molar refractivity (Wildman–Crippen MR) is 68.0 cm³/mol. The fraction of sp³-hybridized carbons (Fsp3) is 0.357. The number of unbranched alkanes of at least 4 members (excludes halogenated alkanes) is 1. The molecule has 3 nitrogen and oxygen atoms in total. The molecular formula is C14H18O3. The Morgan fingerprint density at radius 1 is 1.29 bits per heavy atom. The highest BCUT2D eigenvalue weighted by molar-refractivity contribution is 5.65. The molecule has 0 saturated heterocycles. The molecule has 0 radical (unpaired) electrons. The van der Waals surface area contributed by atoms with Crippen molar-refractivity contribution >= 4 is 11.7 Å². The number of carbonyl (C=O) groups is 1. The molecule has 0 unspecified atom stereocenters. The van der Waals surface area contributed by atoms with Gasteiger partial charge in [-0.05, 0) is 31.0 Å². The Balaban J connectivity index is 2.46. The maximum atomic E-state index is 11.2. The van der Waals surface area contributed by atoms with E-state index in [9.17, 15) is 4.79 Å². The van der Waals surface area contributed by atoms with Gasteiger partial charge in [0.15, 0.2) is 0 Å². The summed E-state index contributed by atoms with van der Waals surface area (Å²) in [7, 11) is 0. The second-order valence-electron chi connectivity index (χ2n) is 3.86. The molecule has 0 spiro atoms. The first kappa shape index (κ1) is 13.3. The smallest absolute Gasteiger partial charge is 0.434 e. The van der Waals surface area contributed by atoms with E-state index in [2.05, 4.69) is 6.58 Å². The van der Waals surface area contributed by atoms with E-state index in [0.717, 1.165) is 24.0 Å². The second kappa shape index (κ2) is 6.74. The van der Waals surface area contributed by atoms with Gasteiger partial charge < -0.3 is 9.47 Å². The van der Waals surface area contributed by atoms with Gasteiger partial charge in [-0.25, -0.2) is 4.79 Å². The molecule has 0 aliphatic rings. The van der Waals surface area contributed by atoms with E-state index in [4.69, 9.17) is 9.47 Å². The van der Waals surface area contributed by atoms with Crippen LogP contribution in [0.2, 0.25) is 0 Å². The van der Waals surface area contributed by atoms with Gasteiger partial charge in [-0.3, -0.25) is 0 Å². The van der Waals surface area contributed by atoms with Gasteiger partial charge >= 0.3 is 6.16 Å². The van der Waals surface area contributed by atoms with E-state index >= 15 is 0 Å². The zero-order chi connectivity index (χ0) is 12.7. The highest BCUT2D eigenvalue weighted by atomic mass is 16.7. The molecule has 0 N–H and O–H groups in total. The molecule has 0 heterocycles. The van der Waals surface area contributed by atoms with Crippen molar-refractivity contribution in [1.82, 2.24) is 0 Å². The first-order chi connectivity index (χ1) is 8.13. The number of ether oxygens (including phenoxy) is 2. The summed E-state index contributed by atoms with van der Waals surface area (Å²) in [5.41, 5.74) is 2.00. The van der Waals surface area contributed by atoms with Crippen molar-refractivity contribution in [3.8, 4) is 5.75 Å². The fourth-order valence-electron chi connectivity index (χ4n) is 1.23. The van der Waals surface area contributed by atoms with Gasteiger partial charge in [-0.2, -0.15) is 0 Å². The van der Waals surface area contributed by atoms with E-state index in [1.807, 2.05) is 26.0 Å². The molecule has 3 heteroatoms. The van der Waals surface area contributed by atoms with Crippen LogP contribution in [0.15, 0.2) is 30.8 Å². The van der Waals surface area contributed by atoms with Gasteiger partial charge in [-0.15, -0.1) is 0 Å². The molecule has 0 amide bonds. The quantitative estimate of drug-likeness (QED) is 0.438. The van der Waals surface area contributed by atoms with Crippen molar-refractivity contribution in [1.29, 1.82) is 0 Å². The first-order valence-corrected chi connectivity index (χ1v) is 5.74. The maximum Gasteiger partial charge on any atom is 0.513 e. The third-order valence-electron chi connectivity index (χ3n) is 2.27. The Hall–Kier alpha value is -1.77. The number of benzene rings is 1. The monoisotopic (exact) mass is 234 g/mol. The third-order valence-corrected chi connectivity index (χ3v) is 2.27. The Kier molecular flexibility index (Phi) is 5.27. The minimum Gasteiger partial charge on any atom is -0.434 e. The normalized spacial score (nSPS) is 9.76. The van der Waals surface area contributed by atoms with Crippen LogP contribution in [-0.2, 0) is 4.74 Å². The summed E-state index contributed by atoms with van der Waals surface area (Å²) in [5.74, 6) is 0.483. The van der Waals surface area contributed by atoms with Crippen LogP contribution in [0.1, 0.15) is 32.3 Å². The summed E-state index contributed by atoms with van der Waals surface area (Å²) in [6, 6.07) is 7.17. The minimum absolute atomic E-state index is 0.402. The fourth-order valence-corrected chi connectivity index (χ4v) is 1.23. The molecule has 17 heavy (non-hydrogen) atoms. The van der Waals surface area contributed by atoms with Gasteiger partial charge in [0, 0.05) is 0 Å². The maximum absolute atomic E-state index is 11.2. The van der Waals surface area contributed by atoms with E-state index in [1.54, 1.807) is 12.1 Å². The number of carbonyl (C=O) groups excluding carboxylic acids is 1. The van der Waals surface area contributed by atoms with Crippen molar-refractivity contribution in [2.45, 2.75) is 26.7 Å². The van der Waals surface area contributed by atoms with Crippen molar-refractivity contribution in [3.63, 3.8) is 0 Å². The van der Waals surface area contributed by atoms with Gasteiger partial charge in [0.2, 0.25) is 0 Å². The van der Waals surface area contributed by atoms with Crippen LogP contribution >= 0.6 is 0 Å². The average molecular weight is 234 g/mol. The van der Waals surface area contributed by atoms with Crippen molar-refractivity contribution < 1.29 is 14.3 Å². The topological polar surface area (TPSA) is 35.5 Å². The zero-order valence-corrected chi connectivity index (χ0v) is 10.4. The van der Waals surface area contributed by atoms with Crippen LogP contribution in [0.25, 0.3) is 5.57 Å². The molecular weight excluding hydrogens is 216 g/mol. The lowest BCUT2D eigenvalue weighted by Gasteiger charge is -2.06. The molecule has 1 rings (SSSR count). The molecule has 0 saturated carbocycles. The molecule has 1 aromatic rings. The minimum atomic E-state index is -0.651. The second-order valence-corrected chi connectivity index (χ2v) is 3.86. The summed E-state index contributed by atoms with van der Waals surface area (Å²) in [6.07, 6.45) is 1.19. The zero-order valence-electron chi connectivity index (χ0n) is 10.4. The van der Waals surface area contributed by atoms with Crippen LogP contribution in [0.5, 0.6) is 5.75 Å². The summed E-state index contributed by atoms with van der Waals surface area (Å²) >= 11 is 0. The van der Waals surface area contributed by atoms with Crippen molar-refractivity contribution in [3.05, 3.63) is 36.4 Å². The van der Waals surface area contributed by atoms with E-state index in [0.29, 0.717) is 12.4 Å². The molecule has 0 aliphatic heterocycles. The molecule has 0 bridgehead atoms. The van der Waals surface area contributed by atoms with Crippen LogP contribution < -0.4 is 4.74 Å². The molecule has 0 fully saturated rings. The summed E-state index contributed by atoms with van der Waals surface area (Å²) in [4.78, 5) is 11.2. The Morgan fingerprint density at radius 2 is 1.94 bits per heavy atom. The molecule has 0 atom stereocenters. The van der Waals surface area contributed by atoms with Crippen LogP contribution in [0.3, 0.4) is 0 Å². The largest absolute Gasteiger partial charge is 0.513 e. The number of rotatable bonds is 5. The number of allylic oxidation sites excluding steroid dienone is 1.